The second-order valence-electron chi connectivity index (χ2n) is 10.6. The summed E-state index contributed by atoms with van der Waals surface area (Å²) in [7, 11) is 0. The second-order valence-corrected chi connectivity index (χ2v) is 10.6. The Balaban J connectivity index is 1.66. The van der Waals surface area contributed by atoms with Crippen LogP contribution in [0.25, 0.3) is 0 Å². The minimum atomic E-state index is -0.684. The van der Waals surface area contributed by atoms with Gasteiger partial charge in [-0.05, 0) is 38.2 Å². The van der Waals surface area contributed by atoms with Crippen molar-refractivity contribution >= 4 is 17.7 Å². The highest BCUT2D eigenvalue weighted by atomic mass is 16.2. The number of carbonyl (C=O) groups excluding carboxylic acids is 3. The van der Waals surface area contributed by atoms with E-state index in [0.717, 1.165) is 17.7 Å². The van der Waals surface area contributed by atoms with Crippen LogP contribution >= 0.6 is 0 Å². The zero-order chi connectivity index (χ0) is 28.6. The van der Waals surface area contributed by atoms with Crippen molar-refractivity contribution < 1.29 is 14.4 Å². The number of H-pyrrole nitrogens is 1. The van der Waals surface area contributed by atoms with E-state index in [-0.39, 0.29) is 36.5 Å². The molecule has 3 amide bonds. The Morgan fingerprint density at radius 2 is 1.88 bits per heavy atom. The highest BCUT2D eigenvalue weighted by Crippen LogP contribution is 2.20. The minimum Gasteiger partial charge on any atom is -0.348 e. The van der Waals surface area contributed by atoms with Crippen molar-refractivity contribution in [3.05, 3.63) is 65.3 Å². The van der Waals surface area contributed by atoms with E-state index in [1.807, 2.05) is 58.0 Å². The van der Waals surface area contributed by atoms with Gasteiger partial charge in [-0.15, -0.1) is 0 Å². The van der Waals surface area contributed by atoms with Crippen molar-refractivity contribution in [1.82, 2.24) is 40.3 Å². The predicted molar refractivity (Wildman–Crippen MR) is 150 cm³/mol. The highest BCUT2D eigenvalue weighted by Gasteiger charge is 2.31. The number of aryl methyl sites for hydroxylation is 2. The maximum atomic E-state index is 13.6. The van der Waals surface area contributed by atoms with Gasteiger partial charge in [0.2, 0.25) is 17.7 Å². The SMILES string of the molecule is CC[C@H](C)[C@@H]1NC(=O)CCCN(C(=O)Cc2nc[nH]c2C)CCn2nc(C)nc2[C@H](Cc2ccccc2)NC1=O. The maximum Gasteiger partial charge on any atom is 0.243 e. The van der Waals surface area contributed by atoms with Crippen LogP contribution in [0.1, 0.15) is 67.8 Å². The first-order chi connectivity index (χ1) is 19.2. The summed E-state index contributed by atoms with van der Waals surface area (Å²) < 4.78 is 1.80. The lowest BCUT2D eigenvalue weighted by atomic mass is 9.97. The molecule has 0 fully saturated rings. The fourth-order valence-electron chi connectivity index (χ4n) is 4.99. The van der Waals surface area contributed by atoms with E-state index in [0.29, 0.717) is 49.8 Å². The highest BCUT2D eigenvalue weighted by molar-refractivity contribution is 5.88. The zero-order valence-corrected chi connectivity index (χ0v) is 23.8. The van der Waals surface area contributed by atoms with Crippen LogP contribution in [-0.4, -0.2) is 66.5 Å². The van der Waals surface area contributed by atoms with Gasteiger partial charge in [0.1, 0.15) is 17.7 Å². The van der Waals surface area contributed by atoms with Gasteiger partial charge < -0.3 is 20.5 Å². The van der Waals surface area contributed by atoms with Crippen LogP contribution in [-0.2, 0) is 33.8 Å². The Kier molecular flexibility index (Phi) is 9.68. The minimum absolute atomic E-state index is 0.0623. The standard InChI is InChI=1S/C29H40N8O3/c1-5-19(2)27-29(40)33-24(16-22-10-7-6-8-11-22)28-32-21(4)35-37(28)15-14-36(13-9-12-25(38)34-27)26(39)17-23-20(3)30-18-31-23/h6-8,10-11,18-19,24,27H,5,9,12-17H2,1-4H3,(H,30,31)(H,33,40)(H,34,38)/t19-,24-,27-/m0/s1. The van der Waals surface area contributed by atoms with E-state index < -0.39 is 12.1 Å². The molecule has 0 saturated heterocycles. The van der Waals surface area contributed by atoms with Gasteiger partial charge in [0, 0.05) is 25.2 Å². The number of nitrogens with one attached hydrogen (secondary N) is 3. The Morgan fingerprint density at radius 1 is 1.10 bits per heavy atom. The summed E-state index contributed by atoms with van der Waals surface area (Å²) in [6.45, 7) is 8.88. The van der Waals surface area contributed by atoms with Gasteiger partial charge >= 0.3 is 0 Å². The van der Waals surface area contributed by atoms with Gasteiger partial charge in [-0.3, -0.25) is 14.4 Å². The first-order valence-electron chi connectivity index (χ1n) is 14.1. The third-order valence-electron chi connectivity index (χ3n) is 7.55. The molecule has 0 bridgehead atoms. The Hall–Kier alpha value is -4.02. The molecule has 0 unspecified atom stereocenters. The molecular formula is C29H40N8O3. The molecule has 0 radical (unpaired) electrons. The molecule has 11 heteroatoms. The number of rotatable bonds is 6. The summed E-state index contributed by atoms with van der Waals surface area (Å²) in [4.78, 5) is 53.7. The molecule has 214 valence electrons. The lowest BCUT2D eigenvalue weighted by Gasteiger charge is -2.28. The van der Waals surface area contributed by atoms with E-state index in [2.05, 4.69) is 25.7 Å². The summed E-state index contributed by atoms with van der Waals surface area (Å²) in [6, 6.07) is 8.74. The van der Waals surface area contributed by atoms with Crippen LogP contribution in [0.15, 0.2) is 36.7 Å². The molecule has 3 heterocycles. The Labute approximate surface area is 235 Å². The van der Waals surface area contributed by atoms with Crippen LogP contribution in [0.3, 0.4) is 0 Å². The van der Waals surface area contributed by atoms with E-state index in [9.17, 15) is 14.4 Å². The third-order valence-corrected chi connectivity index (χ3v) is 7.55. The number of aromatic nitrogens is 5. The number of carbonyl (C=O) groups is 3. The summed E-state index contributed by atoms with van der Waals surface area (Å²) in [5.41, 5.74) is 2.61. The van der Waals surface area contributed by atoms with Gasteiger partial charge in [-0.2, -0.15) is 5.10 Å². The summed E-state index contributed by atoms with van der Waals surface area (Å²) in [6.07, 6.45) is 3.69. The normalized spacial score (nSPS) is 19.8. The van der Waals surface area contributed by atoms with Crippen molar-refractivity contribution in [3.63, 3.8) is 0 Å². The molecule has 2 aromatic heterocycles. The largest absolute Gasteiger partial charge is 0.348 e. The Morgan fingerprint density at radius 3 is 2.58 bits per heavy atom. The number of nitrogens with zero attached hydrogens (tertiary/aromatic N) is 5. The number of hydrogen-bond donors (Lipinski definition) is 3. The van der Waals surface area contributed by atoms with E-state index in [4.69, 9.17) is 4.98 Å². The number of amides is 3. The van der Waals surface area contributed by atoms with Gasteiger partial charge in [-0.1, -0.05) is 50.6 Å². The Bertz CT molecular complexity index is 1300. The lowest BCUT2D eigenvalue weighted by Crippen LogP contribution is -2.51. The predicted octanol–water partition coefficient (Wildman–Crippen LogP) is 2.41. The number of hydrogen-bond acceptors (Lipinski definition) is 6. The van der Waals surface area contributed by atoms with Crippen molar-refractivity contribution in [2.45, 2.75) is 78.4 Å². The summed E-state index contributed by atoms with van der Waals surface area (Å²) >= 11 is 0. The van der Waals surface area contributed by atoms with Crippen molar-refractivity contribution in [1.29, 1.82) is 0 Å². The van der Waals surface area contributed by atoms with Crippen LogP contribution in [0.5, 0.6) is 0 Å². The molecule has 0 saturated carbocycles. The van der Waals surface area contributed by atoms with E-state index in [1.54, 1.807) is 15.9 Å². The molecule has 1 aliphatic heterocycles. The smallest absolute Gasteiger partial charge is 0.243 e. The molecule has 1 aliphatic rings. The van der Waals surface area contributed by atoms with Gasteiger partial charge in [0.15, 0.2) is 0 Å². The topological polar surface area (TPSA) is 138 Å². The quantitative estimate of drug-likeness (QED) is 0.433. The fraction of sp³-hybridized carbons (Fsp3) is 0.517. The van der Waals surface area contributed by atoms with Gasteiger partial charge in [-0.25, -0.2) is 14.6 Å². The third kappa shape index (κ3) is 7.34. The van der Waals surface area contributed by atoms with E-state index in [1.165, 1.54) is 0 Å². The molecular weight excluding hydrogens is 508 g/mol. The molecule has 3 aromatic rings. The first kappa shape index (κ1) is 29.0. The molecule has 40 heavy (non-hydrogen) atoms. The molecule has 3 N–H and O–H groups in total. The first-order valence-corrected chi connectivity index (χ1v) is 14.1. The molecule has 11 nitrogen and oxygen atoms in total. The maximum absolute atomic E-state index is 13.6. The number of fused-ring (bicyclic) bond motifs is 1. The average Bonchev–Trinajstić information content (AvgIpc) is 3.52. The molecule has 1 aromatic carbocycles. The van der Waals surface area contributed by atoms with Crippen molar-refractivity contribution in [3.8, 4) is 0 Å². The van der Waals surface area contributed by atoms with Crippen LogP contribution in [0, 0.1) is 19.8 Å². The summed E-state index contributed by atoms with van der Waals surface area (Å²) in [5, 5.41) is 10.8. The average molecular weight is 549 g/mol. The summed E-state index contributed by atoms with van der Waals surface area (Å²) in [5.74, 6) is 0.641. The van der Waals surface area contributed by atoms with Crippen molar-refractivity contribution in [2.24, 2.45) is 5.92 Å². The molecule has 0 spiro atoms. The molecule has 3 atom stereocenters. The number of benzene rings is 1. The molecule has 0 aliphatic carbocycles. The zero-order valence-electron chi connectivity index (χ0n) is 23.8. The van der Waals surface area contributed by atoms with Crippen molar-refractivity contribution in [2.75, 3.05) is 13.1 Å². The van der Waals surface area contributed by atoms with E-state index >= 15 is 0 Å². The van der Waals surface area contributed by atoms with Gasteiger partial charge in [0.05, 0.1) is 31.0 Å². The van der Waals surface area contributed by atoms with Crippen LogP contribution in [0.4, 0.5) is 0 Å². The fourth-order valence-corrected chi connectivity index (χ4v) is 4.99. The lowest BCUT2D eigenvalue weighted by molar-refractivity contribution is -0.132. The van der Waals surface area contributed by atoms with Crippen LogP contribution in [0.2, 0.25) is 0 Å². The van der Waals surface area contributed by atoms with Gasteiger partial charge in [0.25, 0.3) is 0 Å². The monoisotopic (exact) mass is 548 g/mol. The second kappa shape index (κ2) is 13.4. The molecule has 4 rings (SSSR count). The number of imidazole rings is 1. The number of aromatic amines is 1. The van der Waals surface area contributed by atoms with Crippen LogP contribution < -0.4 is 10.6 Å².